The standard InChI is InChI=1S/C21H29N3O3.C2H2O4/c22-12-17-3-5-18(6-4-17)15-26-16-19-7-9-24(10-8-19)14-21(25)23-13-20-2-1-11-27-20;3-1(4)2(5)6/h3-6,19-20H,1-2,7-11,13-16H2,(H,23,25);(H,3,4)(H,5,6). The van der Waals surface area contributed by atoms with Crippen LogP contribution in [0.15, 0.2) is 24.3 Å². The van der Waals surface area contributed by atoms with E-state index in [0.717, 1.165) is 57.6 Å². The zero-order valence-corrected chi connectivity index (χ0v) is 18.6. The van der Waals surface area contributed by atoms with Crippen molar-refractivity contribution < 1.29 is 34.1 Å². The topological polar surface area (TPSA) is 149 Å². The van der Waals surface area contributed by atoms with E-state index < -0.39 is 11.9 Å². The lowest BCUT2D eigenvalue weighted by atomic mass is 9.98. The summed E-state index contributed by atoms with van der Waals surface area (Å²) in [4.78, 5) is 32.5. The van der Waals surface area contributed by atoms with Gasteiger partial charge in [0.1, 0.15) is 0 Å². The van der Waals surface area contributed by atoms with E-state index in [-0.39, 0.29) is 12.0 Å². The number of rotatable bonds is 8. The van der Waals surface area contributed by atoms with Gasteiger partial charge in [-0.3, -0.25) is 9.69 Å². The number of piperidine rings is 1. The van der Waals surface area contributed by atoms with Gasteiger partial charge in [-0.15, -0.1) is 0 Å². The molecule has 3 N–H and O–H groups in total. The maximum absolute atomic E-state index is 12.1. The second-order valence-electron chi connectivity index (χ2n) is 8.09. The first-order valence-corrected chi connectivity index (χ1v) is 11.0. The lowest BCUT2D eigenvalue weighted by molar-refractivity contribution is -0.159. The van der Waals surface area contributed by atoms with E-state index in [4.69, 9.17) is 34.5 Å². The van der Waals surface area contributed by atoms with Gasteiger partial charge in [0.15, 0.2) is 0 Å². The third kappa shape index (κ3) is 10.4. The predicted molar refractivity (Wildman–Crippen MR) is 117 cm³/mol. The number of carbonyl (C=O) groups excluding carboxylic acids is 1. The maximum atomic E-state index is 12.1. The van der Waals surface area contributed by atoms with Gasteiger partial charge in [-0.1, -0.05) is 12.1 Å². The van der Waals surface area contributed by atoms with Crippen molar-refractivity contribution in [2.75, 3.05) is 39.4 Å². The normalized spacial score (nSPS) is 18.6. The Kier molecular flexibility index (Phi) is 11.3. The number of aliphatic carboxylic acids is 2. The Morgan fingerprint density at radius 2 is 1.79 bits per heavy atom. The van der Waals surface area contributed by atoms with E-state index in [1.807, 2.05) is 24.3 Å². The van der Waals surface area contributed by atoms with Crippen LogP contribution in [0.5, 0.6) is 0 Å². The van der Waals surface area contributed by atoms with Gasteiger partial charge in [-0.2, -0.15) is 5.26 Å². The van der Waals surface area contributed by atoms with Gasteiger partial charge in [-0.25, -0.2) is 9.59 Å². The Labute approximate surface area is 193 Å². The molecule has 2 fully saturated rings. The van der Waals surface area contributed by atoms with Crippen LogP contribution in [0.1, 0.15) is 36.8 Å². The third-order valence-electron chi connectivity index (χ3n) is 5.51. The number of hydrogen-bond acceptors (Lipinski definition) is 7. The highest BCUT2D eigenvalue weighted by molar-refractivity contribution is 6.27. The van der Waals surface area contributed by atoms with Crippen LogP contribution < -0.4 is 5.32 Å². The average molecular weight is 462 g/mol. The Balaban J connectivity index is 0.000000569. The molecule has 1 aromatic carbocycles. The molecule has 2 saturated heterocycles. The Bertz CT molecular complexity index is 796. The fraction of sp³-hybridized carbons (Fsp3) is 0.565. The number of likely N-dealkylation sites (tertiary alicyclic amines) is 1. The highest BCUT2D eigenvalue weighted by Crippen LogP contribution is 2.18. The van der Waals surface area contributed by atoms with Crippen molar-refractivity contribution in [2.24, 2.45) is 5.92 Å². The van der Waals surface area contributed by atoms with Crippen molar-refractivity contribution in [2.45, 2.75) is 38.4 Å². The summed E-state index contributed by atoms with van der Waals surface area (Å²) in [6, 6.07) is 9.64. The summed E-state index contributed by atoms with van der Waals surface area (Å²) in [5, 5.41) is 26.6. The number of carboxylic acids is 2. The Morgan fingerprint density at radius 1 is 1.12 bits per heavy atom. The molecule has 0 saturated carbocycles. The second-order valence-corrected chi connectivity index (χ2v) is 8.09. The van der Waals surface area contributed by atoms with Crippen LogP contribution in [0.4, 0.5) is 0 Å². The Morgan fingerprint density at radius 3 is 2.33 bits per heavy atom. The van der Waals surface area contributed by atoms with E-state index in [9.17, 15) is 4.79 Å². The van der Waals surface area contributed by atoms with Crippen molar-refractivity contribution in [3.05, 3.63) is 35.4 Å². The molecule has 2 heterocycles. The Hall–Kier alpha value is -3.00. The van der Waals surface area contributed by atoms with Gasteiger partial charge in [0.2, 0.25) is 5.91 Å². The summed E-state index contributed by atoms with van der Waals surface area (Å²) >= 11 is 0. The SMILES string of the molecule is N#Cc1ccc(COCC2CCN(CC(=O)NCC3CCCO3)CC2)cc1.O=C(O)C(=O)O. The second kappa shape index (κ2) is 14.2. The minimum absolute atomic E-state index is 0.0982. The predicted octanol–water partition coefficient (Wildman–Crippen LogP) is 1.24. The van der Waals surface area contributed by atoms with Gasteiger partial charge in [0, 0.05) is 19.8 Å². The number of carbonyl (C=O) groups is 3. The molecule has 3 rings (SSSR count). The lowest BCUT2D eigenvalue weighted by Crippen LogP contribution is -2.43. The first-order chi connectivity index (χ1) is 15.9. The van der Waals surface area contributed by atoms with Gasteiger partial charge in [0.25, 0.3) is 0 Å². The molecule has 33 heavy (non-hydrogen) atoms. The monoisotopic (exact) mass is 461 g/mol. The number of ether oxygens (including phenoxy) is 2. The number of hydrogen-bond donors (Lipinski definition) is 3. The molecule has 2 aliphatic heterocycles. The molecule has 1 unspecified atom stereocenters. The molecule has 0 bridgehead atoms. The number of nitrogens with zero attached hydrogens (tertiary/aromatic N) is 2. The van der Waals surface area contributed by atoms with E-state index >= 15 is 0 Å². The van der Waals surface area contributed by atoms with E-state index in [1.54, 1.807) is 0 Å². The number of nitrogens with one attached hydrogen (secondary N) is 1. The summed E-state index contributed by atoms with van der Waals surface area (Å²) in [6.07, 6.45) is 4.47. The summed E-state index contributed by atoms with van der Waals surface area (Å²) in [7, 11) is 0. The number of amides is 1. The maximum Gasteiger partial charge on any atom is 0.414 e. The molecule has 180 valence electrons. The van der Waals surface area contributed by atoms with Gasteiger partial charge < -0.3 is 25.0 Å². The van der Waals surface area contributed by atoms with E-state index in [0.29, 0.717) is 31.2 Å². The quantitative estimate of drug-likeness (QED) is 0.486. The molecular formula is C23H31N3O7. The van der Waals surface area contributed by atoms with Crippen LogP contribution in [0.3, 0.4) is 0 Å². The summed E-state index contributed by atoms with van der Waals surface area (Å²) in [5.74, 6) is -3.00. The smallest absolute Gasteiger partial charge is 0.414 e. The van der Waals surface area contributed by atoms with Crippen LogP contribution in [0, 0.1) is 17.2 Å². The minimum atomic E-state index is -1.82. The molecule has 1 amide bonds. The fourth-order valence-electron chi connectivity index (χ4n) is 3.62. The van der Waals surface area contributed by atoms with Crippen molar-refractivity contribution >= 4 is 17.8 Å². The van der Waals surface area contributed by atoms with Crippen molar-refractivity contribution in [3.63, 3.8) is 0 Å². The summed E-state index contributed by atoms with van der Waals surface area (Å²) in [6.45, 7) is 5.15. The highest BCUT2D eigenvalue weighted by Gasteiger charge is 2.22. The van der Waals surface area contributed by atoms with Crippen molar-refractivity contribution in [1.82, 2.24) is 10.2 Å². The number of carboxylic acid groups (broad SMARTS) is 2. The first kappa shape index (κ1) is 26.3. The molecule has 1 atom stereocenters. The van der Waals surface area contributed by atoms with Crippen LogP contribution >= 0.6 is 0 Å². The van der Waals surface area contributed by atoms with Crippen molar-refractivity contribution in [1.29, 1.82) is 5.26 Å². The zero-order valence-electron chi connectivity index (χ0n) is 18.6. The average Bonchev–Trinajstić information content (AvgIpc) is 3.33. The molecule has 10 nitrogen and oxygen atoms in total. The zero-order chi connectivity index (χ0) is 24.1. The van der Waals surface area contributed by atoms with E-state index in [2.05, 4.69) is 16.3 Å². The molecule has 10 heteroatoms. The first-order valence-electron chi connectivity index (χ1n) is 11.0. The van der Waals surface area contributed by atoms with Gasteiger partial charge >= 0.3 is 11.9 Å². The lowest BCUT2D eigenvalue weighted by Gasteiger charge is -2.31. The number of nitriles is 1. The highest BCUT2D eigenvalue weighted by atomic mass is 16.5. The molecule has 0 radical (unpaired) electrons. The van der Waals surface area contributed by atoms with Crippen LogP contribution in [-0.2, 0) is 30.5 Å². The fourth-order valence-corrected chi connectivity index (χ4v) is 3.62. The van der Waals surface area contributed by atoms with E-state index in [1.165, 1.54) is 0 Å². The van der Waals surface area contributed by atoms with Gasteiger partial charge in [-0.05, 0) is 62.4 Å². The number of benzene rings is 1. The van der Waals surface area contributed by atoms with Crippen LogP contribution in [0.2, 0.25) is 0 Å². The molecule has 0 aromatic heterocycles. The van der Waals surface area contributed by atoms with Gasteiger partial charge in [0.05, 0.1) is 30.9 Å². The summed E-state index contributed by atoms with van der Waals surface area (Å²) in [5.41, 5.74) is 1.76. The molecular weight excluding hydrogens is 430 g/mol. The minimum Gasteiger partial charge on any atom is -0.473 e. The van der Waals surface area contributed by atoms with Crippen molar-refractivity contribution in [3.8, 4) is 6.07 Å². The molecule has 1 aromatic rings. The van der Waals surface area contributed by atoms with Crippen LogP contribution in [-0.4, -0.2) is 78.5 Å². The summed E-state index contributed by atoms with van der Waals surface area (Å²) < 4.78 is 11.4. The molecule has 0 spiro atoms. The largest absolute Gasteiger partial charge is 0.473 e. The molecule has 0 aliphatic carbocycles. The van der Waals surface area contributed by atoms with Crippen LogP contribution in [0.25, 0.3) is 0 Å². The molecule has 2 aliphatic rings. The third-order valence-corrected chi connectivity index (χ3v) is 5.51.